The van der Waals surface area contributed by atoms with E-state index in [9.17, 15) is 0 Å². The summed E-state index contributed by atoms with van der Waals surface area (Å²) in [7, 11) is 7.07. The van der Waals surface area contributed by atoms with E-state index in [1.54, 1.807) is 0 Å². The molecule has 0 amide bonds. The van der Waals surface area contributed by atoms with Gasteiger partial charge in [0.1, 0.15) is 0 Å². The molecule has 0 atom stereocenters. The zero-order chi connectivity index (χ0) is 3.41. The van der Waals surface area contributed by atoms with Crippen molar-refractivity contribution in [3.05, 3.63) is 0 Å². The molecule has 0 saturated heterocycles. The van der Waals surface area contributed by atoms with Crippen LogP contribution in [0.5, 0.6) is 0 Å². The first-order chi connectivity index (χ1) is 1.91. The van der Waals surface area contributed by atoms with Gasteiger partial charge in [-0.25, -0.2) is 0 Å². The summed E-state index contributed by atoms with van der Waals surface area (Å²) >= 11 is 0. The topological polar surface area (TPSA) is 0 Å². The molecule has 0 unspecified atom stereocenters. The Bertz CT molecular complexity index is 24.3. The van der Waals surface area contributed by atoms with Crippen LogP contribution in [0, 0.1) is 0 Å². The Labute approximate surface area is 33.8 Å². The van der Waals surface area contributed by atoms with Gasteiger partial charge < -0.3 is 0 Å². The zero-order valence-electron chi connectivity index (χ0n) is 2.08. The highest BCUT2D eigenvalue weighted by molar-refractivity contribution is 6.89. The van der Waals surface area contributed by atoms with E-state index in [1.807, 2.05) is 5.30 Å². The SMILES string of the molecule is [Si]=C[Si]=[Si]. The Balaban J connectivity index is 2.73. The van der Waals surface area contributed by atoms with Crippen LogP contribution < -0.4 is 0 Å². The Hall–Kier alpha value is 0.521. The highest BCUT2D eigenvalue weighted by Crippen LogP contribution is 1.03. The second-order valence-corrected chi connectivity index (χ2v) is 2.60. The maximum absolute atomic E-state index is 3.21. The number of hydrogen-bond acceptors (Lipinski definition) is 0. The van der Waals surface area contributed by atoms with Crippen molar-refractivity contribution in [1.29, 1.82) is 0 Å². The van der Waals surface area contributed by atoms with Gasteiger partial charge in [-0.2, -0.15) is 0 Å². The predicted octanol–water partition coefficient (Wildman–Crippen LogP) is -1.30. The van der Waals surface area contributed by atoms with E-state index in [0.29, 0.717) is 0 Å². The van der Waals surface area contributed by atoms with Crippen LogP contribution in [-0.4, -0.2) is 33.1 Å². The molecule has 0 rings (SSSR count). The first-order valence-electron chi connectivity index (χ1n) is 0.827. The lowest BCUT2D eigenvalue weighted by atomic mass is 11.9. The average molecular weight is 97.3 g/mol. The van der Waals surface area contributed by atoms with Crippen molar-refractivity contribution in [2.45, 2.75) is 0 Å². The molecule has 4 heavy (non-hydrogen) atoms. The van der Waals surface area contributed by atoms with Gasteiger partial charge in [0.15, 0.2) is 0 Å². The van der Waals surface area contributed by atoms with Crippen molar-refractivity contribution in [1.82, 2.24) is 0 Å². The molecule has 0 spiro atoms. The van der Waals surface area contributed by atoms with Gasteiger partial charge in [-0.15, -0.1) is 0 Å². The van der Waals surface area contributed by atoms with E-state index in [1.165, 1.54) is 0 Å². The average Bonchev–Trinajstić information content (AvgIpc) is 1.37. The Kier molecular flexibility index (Phi) is 3.98. The fraction of sp³-hybridized carbons (Fsp3) is 0. The van der Waals surface area contributed by atoms with Gasteiger partial charge in [0, 0.05) is 27.8 Å². The zero-order valence-corrected chi connectivity index (χ0v) is 5.08. The highest BCUT2D eigenvalue weighted by Gasteiger charge is 1.34. The molecular weight excluding hydrogens is 96.3 g/mol. The van der Waals surface area contributed by atoms with Crippen molar-refractivity contribution in [3.8, 4) is 0 Å². The molecule has 0 aliphatic rings. The molecule has 0 N–H and O–H groups in total. The van der Waals surface area contributed by atoms with Crippen LogP contribution in [0.4, 0.5) is 0 Å². The maximum atomic E-state index is 3.21. The molecule has 0 bridgehead atoms. The van der Waals surface area contributed by atoms with E-state index in [4.69, 9.17) is 0 Å². The fourth-order valence-corrected chi connectivity index (χ4v) is 0. The molecule has 5 radical (unpaired) electrons. The largest absolute Gasteiger partial charge is 0.0996 e. The van der Waals surface area contributed by atoms with Gasteiger partial charge in [-0.3, -0.25) is 0 Å². The minimum atomic E-state index is 0.735. The van der Waals surface area contributed by atoms with E-state index < -0.39 is 0 Å². The molecule has 0 saturated carbocycles. The van der Waals surface area contributed by atoms with E-state index in [0.717, 1.165) is 8.61 Å². The monoisotopic (exact) mass is 96.9 g/mol. The second-order valence-electron chi connectivity index (χ2n) is 0.289. The summed E-state index contributed by atoms with van der Waals surface area (Å²) in [5.74, 6) is 0. The second kappa shape index (κ2) is 3.52. The van der Waals surface area contributed by atoms with Crippen LogP contribution in [0.15, 0.2) is 0 Å². The minimum Gasteiger partial charge on any atom is -0.0996 e. The number of hydrogen-bond donors (Lipinski definition) is 0. The van der Waals surface area contributed by atoms with Crippen molar-refractivity contribution in [2.75, 3.05) is 0 Å². The highest BCUT2D eigenvalue weighted by atomic mass is 28.8. The molecule has 0 aliphatic heterocycles. The van der Waals surface area contributed by atoms with Crippen molar-refractivity contribution >= 4 is 33.1 Å². The van der Waals surface area contributed by atoms with Crippen molar-refractivity contribution in [2.24, 2.45) is 0 Å². The summed E-state index contributed by atoms with van der Waals surface area (Å²) in [5, 5.41) is 1.87. The van der Waals surface area contributed by atoms with Gasteiger partial charge in [0.25, 0.3) is 0 Å². The lowest BCUT2D eigenvalue weighted by molar-refractivity contribution is 4.02. The standard InChI is InChI=1S/CHSi3/c2-1-4-3/h1H. The first kappa shape index (κ1) is 4.52. The summed E-state index contributed by atoms with van der Waals surface area (Å²) < 4.78 is 0. The maximum Gasteiger partial charge on any atom is 0.0240 e. The normalized spacial score (nSPS) is 5.00. The van der Waals surface area contributed by atoms with Crippen LogP contribution >= 0.6 is 0 Å². The quantitative estimate of drug-likeness (QED) is 0.357. The molecular formula is CHSi3. The third-order valence-electron chi connectivity index (χ3n) is 0.0722. The molecule has 0 nitrogen and oxygen atoms in total. The van der Waals surface area contributed by atoms with Crippen molar-refractivity contribution < 1.29 is 0 Å². The minimum absolute atomic E-state index is 0.735. The fourth-order valence-electron chi connectivity index (χ4n) is 0. The van der Waals surface area contributed by atoms with Crippen LogP contribution in [0.3, 0.4) is 0 Å². The summed E-state index contributed by atoms with van der Waals surface area (Å²) in [4.78, 5) is 0. The van der Waals surface area contributed by atoms with Crippen LogP contribution in [0.2, 0.25) is 0 Å². The molecule has 0 fully saturated rings. The first-order valence-corrected chi connectivity index (χ1v) is 3.98. The van der Waals surface area contributed by atoms with Crippen molar-refractivity contribution in [3.63, 3.8) is 0 Å². The van der Waals surface area contributed by atoms with E-state index in [2.05, 4.69) is 19.2 Å². The molecule has 0 aromatic carbocycles. The lowest BCUT2D eigenvalue weighted by Crippen LogP contribution is -1.71. The third kappa shape index (κ3) is 2.52. The van der Waals surface area contributed by atoms with Gasteiger partial charge in [0.05, 0.1) is 0 Å². The van der Waals surface area contributed by atoms with Crippen LogP contribution in [-0.2, 0) is 0 Å². The molecule has 3 heteroatoms. The summed E-state index contributed by atoms with van der Waals surface area (Å²) in [6.07, 6.45) is 0. The lowest BCUT2D eigenvalue weighted by Gasteiger charge is -1.40. The summed E-state index contributed by atoms with van der Waals surface area (Å²) in [5.41, 5.74) is 0. The van der Waals surface area contributed by atoms with Gasteiger partial charge in [0.2, 0.25) is 0 Å². The molecule has 17 valence electrons. The van der Waals surface area contributed by atoms with E-state index in [-0.39, 0.29) is 0 Å². The smallest absolute Gasteiger partial charge is 0.0240 e. The van der Waals surface area contributed by atoms with Crippen LogP contribution in [0.25, 0.3) is 0 Å². The van der Waals surface area contributed by atoms with Gasteiger partial charge in [-0.05, 0) is 0 Å². The van der Waals surface area contributed by atoms with E-state index >= 15 is 0 Å². The molecule has 0 aliphatic carbocycles. The Morgan fingerprint density at radius 1 is 1.75 bits per heavy atom. The molecule has 0 heterocycles. The van der Waals surface area contributed by atoms with Gasteiger partial charge >= 0.3 is 0 Å². The predicted molar refractivity (Wildman–Crippen MR) is 23.3 cm³/mol. The van der Waals surface area contributed by atoms with Crippen LogP contribution in [0.1, 0.15) is 0 Å². The number of rotatable bonds is 1. The summed E-state index contributed by atoms with van der Waals surface area (Å²) in [6, 6.07) is 0. The molecule has 0 aromatic heterocycles. The molecule has 0 aromatic rings. The Morgan fingerprint density at radius 3 is 2.00 bits per heavy atom. The Morgan fingerprint density at radius 2 is 2.00 bits per heavy atom. The summed E-state index contributed by atoms with van der Waals surface area (Å²) in [6.45, 7) is 0. The third-order valence-corrected chi connectivity index (χ3v) is 1.95. The van der Waals surface area contributed by atoms with Gasteiger partial charge in [-0.1, -0.05) is 5.30 Å².